The van der Waals surface area contributed by atoms with Crippen molar-refractivity contribution >= 4 is 44.9 Å². The van der Waals surface area contributed by atoms with Gasteiger partial charge in [-0.1, -0.05) is 193 Å². The van der Waals surface area contributed by atoms with E-state index in [0.717, 1.165) is 17.1 Å². The van der Waals surface area contributed by atoms with Crippen molar-refractivity contribution in [1.29, 1.82) is 0 Å². The summed E-state index contributed by atoms with van der Waals surface area (Å²) in [6, 6.07) is 72.9. The molecule has 2 nitrogen and oxygen atoms in total. The highest BCUT2D eigenvalue weighted by Crippen LogP contribution is 2.58. The fraction of sp³-hybridized carbons (Fsp3) is 0.148. The molecule has 12 rings (SSSR count). The second-order valence-corrected chi connectivity index (χ2v) is 19.4. The van der Waals surface area contributed by atoms with Crippen molar-refractivity contribution in [3.05, 3.63) is 228 Å². The average Bonchev–Trinajstić information content (AvgIpc) is 3.68. The monoisotopic (exact) mass is 810 g/mol. The van der Waals surface area contributed by atoms with E-state index in [1.165, 1.54) is 94.6 Å². The molecule has 9 aromatic carbocycles. The molecular formula is C61H50N2. The van der Waals surface area contributed by atoms with E-state index in [-0.39, 0.29) is 16.2 Å². The zero-order valence-corrected chi connectivity index (χ0v) is 36.9. The first-order chi connectivity index (χ1) is 30.5. The predicted molar refractivity (Wildman–Crippen MR) is 266 cm³/mol. The van der Waals surface area contributed by atoms with Crippen molar-refractivity contribution in [1.82, 2.24) is 0 Å². The Morgan fingerprint density at radius 1 is 0.333 bits per heavy atom. The summed E-state index contributed by atoms with van der Waals surface area (Å²) in [6.45, 7) is 14.3. The van der Waals surface area contributed by atoms with Gasteiger partial charge in [0.05, 0.1) is 17.1 Å². The molecule has 0 saturated carbocycles. The number of hydrogen-bond donors (Lipinski definition) is 0. The largest absolute Gasteiger partial charge is 0.310 e. The number of para-hydroxylation sites is 1. The third kappa shape index (κ3) is 5.37. The SMILES string of the molecule is CC1(C)c2ccccc2-c2ccc(N(c3ccc4c(c3)N(c3c(-c5ccccc5)ccc5ccccc35)c3ccccc3C4(C)C)c3ccc4c(c3)C(C)(C)c3ccccc3-4)cc21. The first-order valence-corrected chi connectivity index (χ1v) is 22.4. The summed E-state index contributed by atoms with van der Waals surface area (Å²) in [5, 5.41) is 2.44. The Bertz CT molecular complexity index is 3220. The molecule has 1 aliphatic heterocycles. The van der Waals surface area contributed by atoms with E-state index in [0.29, 0.717) is 0 Å². The van der Waals surface area contributed by atoms with Crippen LogP contribution in [0, 0.1) is 0 Å². The van der Waals surface area contributed by atoms with Crippen molar-refractivity contribution in [2.75, 3.05) is 9.80 Å². The molecular weight excluding hydrogens is 761 g/mol. The topological polar surface area (TPSA) is 6.48 Å². The van der Waals surface area contributed by atoms with Crippen LogP contribution in [-0.4, -0.2) is 0 Å². The number of nitrogens with zero attached hydrogens (tertiary/aromatic N) is 2. The Kier molecular flexibility index (Phi) is 8.01. The molecule has 0 aromatic heterocycles. The summed E-state index contributed by atoms with van der Waals surface area (Å²) < 4.78 is 0. The Morgan fingerprint density at radius 2 is 0.794 bits per heavy atom. The van der Waals surface area contributed by atoms with Gasteiger partial charge in [0.2, 0.25) is 0 Å². The lowest BCUT2D eigenvalue weighted by Gasteiger charge is -2.43. The zero-order chi connectivity index (χ0) is 42.8. The average molecular weight is 811 g/mol. The summed E-state index contributed by atoms with van der Waals surface area (Å²) >= 11 is 0. The molecule has 0 atom stereocenters. The lowest BCUT2D eigenvalue weighted by molar-refractivity contribution is 0.632. The molecule has 1 heterocycles. The van der Waals surface area contributed by atoms with Crippen LogP contribution in [-0.2, 0) is 16.2 Å². The maximum Gasteiger partial charge on any atom is 0.0618 e. The Balaban J connectivity index is 1.13. The minimum absolute atomic E-state index is 0.141. The van der Waals surface area contributed by atoms with Gasteiger partial charge in [-0.05, 0) is 109 Å². The normalized spacial score (nSPS) is 15.5. The molecule has 63 heavy (non-hydrogen) atoms. The van der Waals surface area contributed by atoms with Crippen LogP contribution < -0.4 is 9.80 Å². The van der Waals surface area contributed by atoms with E-state index in [1.807, 2.05) is 0 Å². The summed E-state index contributed by atoms with van der Waals surface area (Å²) in [4.78, 5) is 5.10. The smallest absolute Gasteiger partial charge is 0.0618 e. The Hall–Kier alpha value is -7.16. The van der Waals surface area contributed by atoms with E-state index in [2.05, 4.69) is 245 Å². The van der Waals surface area contributed by atoms with Crippen LogP contribution in [0.1, 0.15) is 74.9 Å². The third-order valence-electron chi connectivity index (χ3n) is 14.8. The maximum atomic E-state index is 2.58. The summed E-state index contributed by atoms with van der Waals surface area (Å²) in [5.74, 6) is 0. The predicted octanol–water partition coefficient (Wildman–Crippen LogP) is 16.7. The molecule has 2 heteroatoms. The van der Waals surface area contributed by atoms with E-state index in [4.69, 9.17) is 0 Å². The van der Waals surface area contributed by atoms with Gasteiger partial charge in [-0.3, -0.25) is 0 Å². The fourth-order valence-corrected chi connectivity index (χ4v) is 11.5. The molecule has 304 valence electrons. The summed E-state index contributed by atoms with van der Waals surface area (Å²) in [5.41, 5.74) is 22.3. The van der Waals surface area contributed by atoms with Crippen molar-refractivity contribution < 1.29 is 0 Å². The Labute approximate surface area is 371 Å². The van der Waals surface area contributed by atoms with Gasteiger partial charge < -0.3 is 9.80 Å². The number of rotatable bonds is 5. The quantitative estimate of drug-likeness (QED) is 0.171. The van der Waals surface area contributed by atoms with Gasteiger partial charge in [-0.25, -0.2) is 0 Å². The first-order valence-electron chi connectivity index (χ1n) is 22.4. The second-order valence-electron chi connectivity index (χ2n) is 19.4. The van der Waals surface area contributed by atoms with Crippen molar-refractivity contribution in [3.8, 4) is 33.4 Å². The summed E-state index contributed by atoms with van der Waals surface area (Å²) in [7, 11) is 0. The van der Waals surface area contributed by atoms with Crippen LogP contribution in [0.15, 0.2) is 194 Å². The van der Waals surface area contributed by atoms with Crippen LogP contribution in [0.3, 0.4) is 0 Å². The van der Waals surface area contributed by atoms with Gasteiger partial charge in [0.15, 0.2) is 0 Å². The molecule has 0 spiro atoms. The van der Waals surface area contributed by atoms with Gasteiger partial charge in [0.25, 0.3) is 0 Å². The number of hydrogen-bond acceptors (Lipinski definition) is 2. The number of benzene rings is 9. The van der Waals surface area contributed by atoms with Gasteiger partial charge >= 0.3 is 0 Å². The highest BCUT2D eigenvalue weighted by Gasteiger charge is 2.40. The number of fused-ring (bicyclic) bond motifs is 9. The minimum Gasteiger partial charge on any atom is -0.310 e. The van der Waals surface area contributed by atoms with Crippen LogP contribution in [0.4, 0.5) is 34.1 Å². The molecule has 3 aliphatic rings. The van der Waals surface area contributed by atoms with Crippen LogP contribution >= 0.6 is 0 Å². The molecule has 0 N–H and O–H groups in total. The minimum atomic E-state index is -0.254. The molecule has 0 unspecified atom stereocenters. The van der Waals surface area contributed by atoms with Gasteiger partial charge in [-0.15, -0.1) is 0 Å². The van der Waals surface area contributed by atoms with E-state index in [9.17, 15) is 0 Å². The van der Waals surface area contributed by atoms with Crippen molar-refractivity contribution in [2.24, 2.45) is 0 Å². The molecule has 0 saturated heterocycles. The standard InChI is InChI=1S/C61H50N2/c1-59(2)50-24-14-12-22-46(50)48-33-29-41(36-54(48)59)62(42-30-34-49-47-23-13-15-25-51(47)60(3,4)55(49)37-42)43-31-35-53-57(38-43)63(56-27-17-16-26-52(56)61(53,5)6)58-44-21-11-10-20-40(44)28-32-45(58)39-18-8-7-9-19-39/h7-38H,1-6H3. The molecule has 2 aliphatic carbocycles. The van der Waals surface area contributed by atoms with Crippen LogP contribution in [0.25, 0.3) is 44.2 Å². The van der Waals surface area contributed by atoms with E-state index in [1.54, 1.807) is 0 Å². The van der Waals surface area contributed by atoms with Gasteiger partial charge in [-0.2, -0.15) is 0 Å². The highest BCUT2D eigenvalue weighted by atomic mass is 15.2. The molecule has 9 aromatic rings. The van der Waals surface area contributed by atoms with Crippen LogP contribution in [0.5, 0.6) is 0 Å². The lowest BCUT2D eigenvalue weighted by atomic mass is 9.73. The van der Waals surface area contributed by atoms with Crippen LogP contribution in [0.2, 0.25) is 0 Å². The van der Waals surface area contributed by atoms with E-state index < -0.39 is 0 Å². The number of anilines is 6. The lowest BCUT2D eigenvalue weighted by Crippen LogP contribution is -2.31. The van der Waals surface area contributed by atoms with E-state index >= 15 is 0 Å². The second kappa shape index (κ2) is 13.4. The van der Waals surface area contributed by atoms with Crippen molar-refractivity contribution in [3.63, 3.8) is 0 Å². The molecule has 0 amide bonds. The molecule has 0 fully saturated rings. The maximum absolute atomic E-state index is 2.58. The van der Waals surface area contributed by atoms with Gasteiger partial charge in [0, 0.05) is 44.3 Å². The third-order valence-corrected chi connectivity index (χ3v) is 14.8. The van der Waals surface area contributed by atoms with Gasteiger partial charge in [0.1, 0.15) is 0 Å². The fourth-order valence-electron chi connectivity index (χ4n) is 11.5. The highest BCUT2D eigenvalue weighted by molar-refractivity contribution is 6.08. The first kappa shape index (κ1) is 37.6. The molecule has 0 radical (unpaired) electrons. The van der Waals surface area contributed by atoms with Crippen molar-refractivity contribution in [2.45, 2.75) is 57.8 Å². The molecule has 0 bridgehead atoms. The summed E-state index contributed by atoms with van der Waals surface area (Å²) in [6.07, 6.45) is 0. The zero-order valence-electron chi connectivity index (χ0n) is 36.9. The Morgan fingerprint density at radius 3 is 1.44 bits per heavy atom.